The Bertz CT molecular complexity index is 573. The van der Waals surface area contributed by atoms with E-state index in [1.54, 1.807) is 0 Å². The summed E-state index contributed by atoms with van der Waals surface area (Å²) in [6.45, 7) is 0. The van der Waals surface area contributed by atoms with E-state index in [-0.39, 0.29) is 6.42 Å². The summed E-state index contributed by atoms with van der Waals surface area (Å²) < 4.78 is 19.4. The molecular formula is C18H32N4O8. The van der Waals surface area contributed by atoms with Crippen LogP contribution in [0.25, 0.3) is 0 Å². The minimum absolute atomic E-state index is 0.0704. The highest BCUT2D eigenvalue weighted by atomic mass is 16.6. The Labute approximate surface area is 176 Å². The van der Waals surface area contributed by atoms with Gasteiger partial charge in [0.05, 0.1) is 34.0 Å². The SMILES string of the molecule is COC(=O)C(N)C1(N(C)C(=O)OC)CCCC(N(C)C(=O)OC)(N(C)C(=O)OC)C1. The predicted molar refractivity (Wildman–Crippen MR) is 104 cm³/mol. The number of nitrogens with two attached hydrogens (primary N) is 1. The number of carbonyl (C=O) groups is 4. The fourth-order valence-corrected chi connectivity index (χ4v) is 4.18. The number of amides is 3. The quantitative estimate of drug-likeness (QED) is 0.375. The van der Waals surface area contributed by atoms with E-state index < -0.39 is 41.5 Å². The number of rotatable bonds is 5. The van der Waals surface area contributed by atoms with Crippen LogP contribution >= 0.6 is 0 Å². The van der Waals surface area contributed by atoms with Gasteiger partial charge in [-0.25, -0.2) is 14.4 Å². The molecule has 1 aliphatic carbocycles. The van der Waals surface area contributed by atoms with Gasteiger partial charge in [0, 0.05) is 27.6 Å². The predicted octanol–water partition coefficient (Wildman–Crippen LogP) is 0.590. The first-order chi connectivity index (χ1) is 14.0. The van der Waals surface area contributed by atoms with Crippen molar-refractivity contribution in [2.75, 3.05) is 49.6 Å². The van der Waals surface area contributed by atoms with Crippen molar-refractivity contribution in [2.24, 2.45) is 5.73 Å². The molecule has 0 bridgehead atoms. The number of ether oxygens (including phenoxy) is 4. The average molecular weight is 432 g/mol. The maximum absolute atomic E-state index is 12.5. The molecule has 2 N–H and O–H groups in total. The molecule has 0 aromatic heterocycles. The van der Waals surface area contributed by atoms with Crippen LogP contribution in [0.4, 0.5) is 14.4 Å². The van der Waals surface area contributed by atoms with Gasteiger partial charge in [0.15, 0.2) is 0 Å². The molecule has 1 rings (SSSR count). The zero-order valence-corrected chi connectivity index (χ0v) is 18.6. The molecule has 0 radical (unpaired) electrons. The molecule has 0 aromatic carbocycles. The highest BCUT2D eigenvalue weighted by molar-refractivity contribution is 5.80. The maximum Gasteiger partial charge on any atom is 0.411 e. The zero-order chi connectivity index (χ0) is 23.3. The Morgan fingerprint density at radius 1 is 0.767 bits per heavy atom. The summed E-state index contributed by atoms with van der Waals surface area (Å²) in [5, 5.41) is 0. The van der Waals surface area contributed by atoms with Crippen molar-refractivity contribution in [1.29, 1.82) is 0 Å². The molecule has 1 aliphatic rings. The number of hydrogen-bond donors (Lipinski definition) is 1. The Balaban J connectivity index is 3.69. The van der Waals surface area contributed by atoms with E-state index >= 15 is 0 Å². The summed E-state index contributed by atoms with van der Waals surface area (Å²) in [5.41, 5.74) is 3.63. The smallest absolute Gasteiger partial charge is 0.411 e. The topological polar surface area (TPSA) is 141 Å². The molecule has 0 spiro atoms. The molecule has 172 valence electrons. The molecule has 30 heavy (non-hydrogen) atoms. The standard InChI is InChI=1S/C18H32N4O8/c1-20(14(24)28-5)17(12(19)13(23)27-4)9-8-10-18(11-17,21(2)15(25)29-6)22(3)16(26)30-7/h12H,8-11,19H2,1-7H3. The normalized spacial score (nSPS) is 20.9. The Kier molecular flexibility index (Phi) is 8.28. The van der Waals surface area contributed by atoms with Crippen LogP contribution in [0.15, 0.2) is 0 Å². The first-order valence-corrected chi connectivity index (χ1v) is 9.27. The van der Waals surface area contributed by atoms with Gasteiger partial charge in [0.25, 0.3) is 0 Å². The summed E-state index contributed by atoms with van der Waals surface area (Å²) in [4.78, 5) is 53.5. The number of nitrogens with zero attached hydrogens (tertiary/aromatic N) is 3. The number of likely N-dealkylation sites (N-methyl/N-ethyl adjacent to an activating group) is 1. The molecule has 12 heteroatoms. The average Bonchev–Trinajstić information content (AvgIpc) is 2.79. The molecule has 3 amide bonds. The van der Waals surface area contributed by atoms with Gasteiger partial charge in [-0.15, -0.1) is 0 Å². The third-order valence-electron chi connectivity index (χ3n) is 6.07. The van der Waals surface area contributed by atoms with Crippen molar-refractivity contribution < 1.29 is 38.1 Å². The molecule has 2 atom stereocenters. The lowest BCUT2D eigenvalue weighted by Crippen LogP contribution is -2.73. The Hall–Kier alpha value is -2.76. The third kappa shape index (κ3) is 4.23. The fraction of sp³-hybridized carbons (Fsp3) is 0.778. The maximum atomic E-state index is 12.5. The van der Waals surface area contributed by atoms with Crippen LogP contribution in [0.3, 0.4) is 0 Å². The van der Waals surface area contributed by atoms with Crippen LogP contribution < -0.4 is 5.73 Å². The van der Waals surface area contributed by atoms with Gasteiger partial charge in [0.2, 0.25) is 0 Å². The first-order valence-electron chi connectivity index (χ1n) is 9.27. The number of carbonyl (C=O) groups excluding carboxylic acids is 4. The fourth-order valence-electron chi connectivity index (χ4n) is 4.18. The van der Waals surface area contributed by atoms with Crippen LogP contribution in [-0.4, -0.2) is 106 Å². The number of esters is 1. The second kappa shape index (κ2) is 9.83. The lowest BCUT2D eigenvalue weighted by Gasteiger charge is -2.57. The van der Waals surface area contributed by atoms with E-state index in [0.29, 0.717) is 19.3 Å². The van der Waals surface area contributed by atoms with Crippen LogP contribution in [0.1, 0.15) is 25.7 Å². The monoisotopic (exact) mass is 432 g/mol. The molecule has 0 saturated heterocycles. The Morgan fingerprint density at radius 2 is 1.20 bits per heavy atom. The second-order valence-corrected chi connectivity index (χ2v) is 7.20. The van der Waals surface area contributed by atoms with Gasteiger partial charge >= 0.3 is 24.2 Å². The highest BCUT2D eigenvalue weighted by Gasteiger charge is 2.59. The van der Waals surface area contributed by atoms with E-state index in [4.69, 9.17) is 24.7 Å². The molecule has 0 aromatic rings. The molecule has 0 heterocycles. The molecule has 1 saturated carbocycles. The van der Waals surface area contributed by atoms with E-state index in [1.165, 1.54) is 64.3 Å². The van der Waals surface area contributed by atoms with Gasteiger partial charge in [0.1, 0.15) is 11.7 Å². The summed E-state index contributed by atoms with van der Waals surface area (Å²) >= 11 is 0. The number of hydrogen-bond acceptors (Lipinski definition) is 9. The summed E-state index contributed by atoms with van der Waals surface area (Å²) in [6, 6.07) is -1.27. The third-order valence-corrected chi connectivity index (χ3v) is 6.07. The van der Waals surface area contributed by atoms with Crippen LogP contribution in [0.5, 0.6) is 0 Å². The molecule has 12 nitrogen and oxygen atoms in total. The summed E-state index contributed by atoms with van der Waals surface area (Å²) in [7, 11) is 9.18. The lowest BCUT2D eigenvalue weighted by molar-refractivity contribution is -0.150. The van der Waals surface area contributed by atoms with Gasteiger partial charge in [-0.05, 0) is 19.3 Å². The van der Waals surface area contributed by atoms with Crippen molar-refractivity contribution in [3.8, 4) is 0 Å². The lowest BCUT2D eigenvalue weighted by atomic mass is 9.69. The second-order valence-electron chi connectivity index (χ2n) is 7.20. The van der Waals surface area contributed by atoms with Crippen molar-refractivity contribution >= 4 is 24.2 Å². The Morgan fingerprint density at radius 3 is 1.60 bits per heavy atom. The summed E-state index contributed by atoms with van der Waals surface area (Å²) in [5.74, 6) is -0.747. The van der Waals surface area contributed by atoms with Crippen molar-refractivity contribution in [3.63, 3.8) is 0 Å². The molecule has 2 unspecified atom stereocenters. The molecule has 0 aliphatic heterocycles. The molecule has 1 fully saturated rings. The van der Waals surface area contributed by atoms with Gasteiger partial charge in [-0.2, -0.15) is 0 Å². The van der Waals surface area contributed by atoms with Crippen LogP contribution in [0.2, 0.25) is 0 Å². The first kappa shape index (κ1) is 25.3. The zero-order valence-electron chi connectivity index (χ0n) is 18.6. The minimum Gasteiger partial charge on any atom is -0.468 e. The minimum atomic E-state index is -1.33. The van der Waals surface area contributed by atoms with E-state index in [1.807, 2.05) is 0 Å². The summed E-state index contributed by atoms with van der Waals surface area (Å²) in [6.07, 6.45) is -1.18. The van der Waals surface area contributed by atoms with E-state index in [2.05, 4.69) is 0 Å². The number of methoxy groups -OCH3 is 4. The van der Waals surface area contributed by atoms with Gasteiger partial charge in [-0.3, -0.25) is 14.6 Å². The van der Waals surface area contributed by atoms with Gasteiger partial charge in [-0.1, -0.05) is 0 Å². The molecular weight excluding hydrogens is 400 g/mol. The van der Waals surface area contributed by atoms with Crippen molar-refractivity contribution in [3.05, 3.63) is 0 Å². The largest absolute Gasteiger partial charge is 0.468 e. The van der Waals surface area contributed by atoms with Gasteiger partial charge < -0.3 is 29.6 Å². The van der Waals surface area contributed by atoms with Crippen LogP contribution in [0, 0.1) is 0 Å². The van der Waals surface area contributed by atoms with Crippen molar-refractivity contribution in [1.82, 2.24) is 14.7 Å². The highest BCUT2D eigenvalue weighted by Crippen LogP contribution is 2.45. The van der Waals surface area contributed by atoms with Crippen molar-refractivity contribution in [2.45, 2.75) is 42.9 Å². The van der Waals surface area contributed by atoms with E-state index in [9.17, 15) is 19.2 Å². The van der Waals surface area contributed by atoms with Crippen LogP contribution in [-0.2, 0) is 23.7 Å². The van der Waals surface area contributed by atoms with E-state index in [0.717, 1.165) is 0 Å².